The lowest BCUT2D eigenvalue weighted by molar-refractivity contribution is 0.455. The maximum atomic E-state index is 11.5. The van der Waals surface area contributed by atoms with E-state index in [4.69, 9.17) is 0 Å². The largest absolute Gasteiger partial charge is 0.493 e. The molecule has 0 radical (unpaired) electrons. The van der Waals surface area contributed by atoms with Gasteiger partial charge in [-0.15, -0.1) is 0 Å². The summed E-state index contributed by atoms with van der Waals surface area (Å²) >= 11 is 0. The van der Waals surface area contributed by atoms with Crippen LogP contribution in [0, 0.1) is 0 Å². The van der Waals surface area contributed by atoms with Gasteiger partial charge in [0.05, 0.1) is 12.7 Å². The molecule has 0 saturated heterocycles. The smallest absolute Gasteiger partial charge is 0.328 e. The number of aromatic hydroxyl groups is 1. The first-order valence-electron chi connectivity index (χ1n) is 6.31. The second-order valence-electron chi connectivity index (χ2n) is 4.48. The quantitative estimate of drug-likeness (QED) is 0.673. The Labute approximate surface area is 119 Å². The van der Waals surface area contributed by atoms with Crippen LogP contribution in [0.1, 0.15) is 5.56 Å². The molecule has 3 N–H and O–H groups in total. The highest BCUT2D eigenvalue weighted by Crippen LogP contribution is 2.14. The van der Waals surface area contributed by atoms with E-state index in [0.29, 0.717) is 12.4 Å². The molecule has 0 saturated carbocycles. The van der Waals surface area contributed by atoms with Crippen LogP contribution >= 0.6 is 0 Å². The molecule has 0 spiro atoms. The van der Waals surface area contributed by atoms with Crippen molar-refractivity contribution in [2.45, 2.75) is 6.54 Å². The van der Waals surface area contributed by atoms with Crippen molar-refractivity contribution in [3.05, 3.63) is 65.1 Å². The number of aromatic nitrogens is 4. The Morgan fingerprint density at radius 2 is 2.05 bits per heavy atom. The fourth-order valence-corrected chi connectivity index (χ4v) is 1.96. The van der Waals surface area contributed by atoms with Gasteiger partial charge in [0.25, 0.3) is 0 Å². The Bertz CT molecular complexity index is 794. The predicted molar refractivity (Wildman–Crippen MR) is 77.6 cm³/mol. The van der Waals surface area contributed by atoms with Crippen LogP contribution in [-0.2, 0) is 6.54 Å². The Morgan fingerprint density at radius 1 is 1.24 bits per heavy atom. The number of hydrogen-bond donors (Lipinski definition) is 3. The molecule has 0 amide bonds. The zero-order valence-electron chi connectivity index (χ0n) is 11.0. The Balaban J connectivity index is 1.80. The summed E-state index contributed by atoms with van der Waals surface area (Å²) in [6.07, 6.45) is 6.40. The summed E-state index contributed by atoms with van der Waals surface area (Å²) in [5.74, 6) is 0.524. The molecule has 0 unspecified atom stereocenters. The van der Waals surface area contributed by atoms with Crippen LogP contribution in [0.2, 0.25) is 0 Å². The first kappa shape index (κ1) is 12.9. The molecule has 3 heterocycles. The molecular weight excluding hydrogens is 270 g/mol. The van der Waals surface area contributed by atoms with Crippen LogP contribution in [0.3, 0.4) is 0 Å². The van der Waals surface area contributed by atoms with Crippen molar-refractivity contribution >= 4 is 11.5 Å². The number of nitrogens with one attached hydrogen (secondary N) is 2. The number of rotatable bonds is 4. The second kappa shape index (κ2) is 5.49. The first-order chi connectivity index (χ1) is 10.2. The van der Waals surface area contributed by atoms with Crippen molar-refractivity contribution in [2.24, 2.45) is 0 Å². The minimum absolute atomic E-state index is 0.149. The molecule has 3 rings (SSSR count). The number of H-pyrrole nitrogens is 1. The molecule has 21 heavy (non-hydrogen) atoms. The molecule has 7 nitrogen and oxygen atoms in total. The molecule has 3 aromatic heterocycles. The summed E-state index contributed by atoms with van der Waals surface area (Å²) in [6, 6.07) is 7.33. The average molecular weight is 283 g/mol. The number of pyridine rings is 2. The highest BCUT2D eigenvalue weighted by atomic mass is 16.3. The van der Waals surface area contributed by atoms with Crippen LogP contribution in [-0.4, -0.2) is 24.6 Å². The minimum atomic E-state index is -0.354. The third-order valence-corrected chi connectivity index (χ3v) is 2.90. The molecule has 0 fully saturated rings. The van der Waals surface area contributed by atoms with E-state index in [-0.39, 0.29) is 11.6 Å². The summed E-state index contributed by atoms with van der Waals surface area (Å²) < 4.78 is 1.39. The van der Waals surface area contributed by atoms with Crippen LogP contribution in [0.4, 0.5) is 11.5 Å². The number of nitrogens with zero attached hydrogens (tertiary/aromatic N) is 3. The maximum Gasteiger partial charge on any atom is 0.328 e. The van der Waals surface area contributed by atoms with E-state index in [0.717, 1.165) is 11.3 Å². The number of anilines is 2. The molecule has 0 aliphatic carbocycles. The fourth-order valence-electron chi connectivity index (χ4n) is 1.96. The third kappa shape index (κ3) is 3.08. The van der Waals surface area contributed by atoms with Crippen molar-refractivity contribution in [3.8, 4) is 5.88 Å². The lowest BCUT2D eigenvalue weighted by Gasteiger charge is -2.07. The van der Waals surface area contributed by atoms with E-state index in [1.807, 2.05) is 24.3 Å². The summed E-state index contributed by atoms with van der Waals surface area (Å²) in [4.78, 5) is 22.0. The van der Waals surface area contributed by atoms with Gasteiger partial charge in [-0.25, -0.2) is 9.78 Å². The van der Waals surface area contributed by atoms with Gasteiger partial charge in [-0.05, 0) is 29.8 Å². The zero-order chi connectivity index (χ0) is 14.7. The molecule has 7 heteroatoms. The van der Waals surface area contributed by atoms with Gasteiger partial charge in [-0.1, -0.05) is 0 Å². The van der Waals surface area contributed by atoms with E-state index >= 15 is 0 Å². The van der Waals surface area contributed by atoms with Crippen molar-refractivity contribution in [1.82, 2.24) is 19.5 Å². The van der Waals surface area contributed by atoms with E-state index in [1.54, 1.807) is 18.6 Å². The number of imidazole rings is 1. The second-order valence-corrected chi connectivity index (χ2v) is 4.48. The molecule has 0 aliphatic rings. The van der Waals surface area contributed by atoms with Gasteiger partial charge in [0.2, 0.25) is 5.88 Å². The van der Waals surface area contributed by atoms with Crippen molar-refractivity contribution in [3.63, 3.8) is 0 Å². The van der Waals surface area contributed by atoms with Crippen LogP contribution in [0.15, 0.2) is 53.8 Å². The van der Waals surface area contributed by atoms with Gasteiger partial charge in [-0.3, -0.25) is 14.5 Å². The van der Waals surface area contributed by atoms with Crippen LogP contribution in [0.5, 0.6) is 5.88 Å². The SMILES string of the molecule is O=c1[nH]c(O)cn1Cc1ccnc(Nc2ccncc2)c1. The zero-order valence-corrected chi connectivity index (χ0v) is 11.0. The van der Waals surface area contributed by atoms with Gasteiger partial charge < -0.3 is 10.4 Å². The summed E-state index contributed by atoms with van der Waals surface area (Å²) in [5.41, 5.74) is 1.42. The molecule has 0 bridgehead atoms. The van der Waals surface area contributed by atoms with Gasteiger partial charge in [-0.2, -0.15) is 0 Å². The standard InChI is InChI=1S/C14H13N5O2/c20-13-9-19(14(21)18-13)8-10-1-6-16-12(7-10)17-11-2-4-15-5-3-11/h1-7,9,20H,8H2,(H,18,21)(H,15,16,17). The summed E-state index contributed by atoms with van der Waals surface area (Å²) in [7, 11) is 0. The fraction of sp³-hybridized carbons (Fsp3) is 0.0714. The molecule has 3 aromatic rings. The normalized spacial score (nSPS) is 10.5. The van der Waals surface area contributed by atoms with Gasteiger partial charge in [0.15, 0.2) is 0 Å². The number of hydrogen-bond acceptors (Lipinski definition) is 5. The summed E-state index contributed by atoms with van der Waals surface area (Å²) in [6.45, 7) is 0.351. The predicted octanol–water partition coefficient (Wildman–Crippen LogP) is 1.46. The monoisotopic (exact) mass is 283 g/mol. The van der Waals surface area contributed by atoms with Crippen LogP contribution < -0.4 is 11.0 Å². The Hall–Kier alpha value is -3.09. The molecule has 0 aromatic carbocycles. The first-order valence-corrected chi connectivity index (χ1v) is 6.31. The topological polar surface area (TPSA) is 95.8 Å². The minimum Gasteiger partial charge on any atom is -0.493 e. The molecule has 0 aliphatic heterocycles. The van der Waals surface area contributed by atoms with E-state index in [1.165, 1.54) is 10.8 Å². The van der Waals surface area contributed by atoms with Crippen molar-refractivity contribution < 1.29 is 5.11 Å². The van der Waals surface area contributed by atoms with Crippen molar-refractivity contribution in [2.75, 3.05) is 5.32 Å². The Kier molecular flexibility index (Phi) is 3.38. The number of aromatic amines is 1. The Morgan fingerprint density at radius 3 is 2.76 bits per heavy atom. The third-order valence-electron chi connectivity index (χ3n) is 2.90. The van der Waals surface area contributed by atoms with Gasteiger partial charge in [0, 0.05) is 24.3 Å². The maximum absolute atomic E-state index is 11.5. The van der Waals surface area contributed by atoms with E-state index < -0.39 is 0 Å². The lowest BCUT2D eigenvalue weighted by atomic mass is 10.2. The molecular formula is C14H13N5O2. The van der Waals surface area contributed by atoms with Gasteiger partial charge >= 0.3 is 5.69 Å². The molecule has 0 atom stereocenters. The lowest BCUT2D eigenvalue weighted by Crippen LogP contribution is -2.16. The van der Waals surface area contributed by atoms with Crippen LogP contribution in [0.25, 0.3) is 0 Å². The van der Waals surface area contributed by atoms with Crippen molar-refractivity contribution in [1.29, 1.82) is 0 Å². The van der Waals surface area contributed by atoms with E-state index in [2.05, 4.69) is 20.3 Å². The highest BCUT2D eigenvalue weighted by Gasteiger charge is 2.04. The van der Waals surface area contributed by atoms with E-state index in [9.17, 15) is 9.90 Å². The average Bonchev–Trinajstić information content (AvgIpc) is 2.78. The van der Waals surface area contributed by atoms with Gasteiger partial charge in [0.1, 0.15) is 5.82 Å². The molecule has 106 valence electrons. The summed E-state index contributed by atoms with van der Waals surface area (Å²) in [5, 5.41) is 12.4. The highest BCUT2D eigenvalue weighted by molar-refractivity contribution is 5.55.